The average Bonchev–Trinajstić information content (AvgIpc) is 3.30. The molecule has 0 radical (unpaired) electrons. The maximum absolute atomic E-state index is 13.2. The molecule has 0 unspecified atom stereocenters. The molecule has 180 valence electrons. The summed E-state index contributed by atoms with van der Waals surface area (Å²) in [4.78, 5) is 35.5. The van der Waals surface area contributed by atoms with E-state index in [1.165, 1.54) is 34.1 Å². The minimum Gasteiger partial charge on any atom is -0.322 e. The third kappa shape index (κ3) is 5.37. The number of carbonyl (C=O) groups is 1. The van der Waals surface area contributed by atoms with E-state index in [1.807, 2.05) is 30.5 Å². The van der Waals surface area contributed by atoms with E-state index in [1.54, 1.807) is 28.8 Å². The average molecular weight is 511 g/mol. The van der Waals surface area contributed by atoms with Gasteiger partial charge in [-0.3, -0.25) is 9.69 Å². The normalized spacial score (nSPS) is 14.4. The Morgan fingerprint density at radius 1 is 1.11 bits per heavy atom. The maximum Gasteiger partial charge on any atom is 0.321 e. The van der Waals surface area contributed by atoms with E-state index in [0.717, 1.165) is 16.1 Å². The predicted molar refractivity (Wildman–Crippen MR) is 137 cm³/mol. The zero-order chi connectivity index (χ0) is 24.4. The monoisotopic (exact) mass is 510 g/mol. The fourth-order valence-electron chi connectivity index (χ4n) is 3.89. The van der Waals surface area contributed by atoms with Crippen LogP contribution in [-0.4, -0.2) is 62.9 Å². The molecule has 1 aliphatic heterocycles. The third-order valence-corrected chi connectivity index (χ3v) is 7.44. The van der Waals surface area contributed by atoms with E-state index < -0.39 is 0 Å². The molecule has 1 saturated heterocycles. The van der Waals surface area contributed by atoms with Gasteiger partial charge in [-0.15, -0.1) is 11.8 Å². The molecule has 8 nitrogen and oxygen atoms in total. The topological polar surface area (TPSA) is 82.8 Å². The van der Waals surface area contributed by atoms with Crippen LogP contribution in [-0.2, 0) is 6.54 Å². The third-order valence-electron chi connectivity index (χ3n) is 5.76. The van der Waals surface area contributed by atoms with Crippen molar-refractivity contribution in [1.82, 2.24) is 24.4 Å². The minimum absolute atomic E-state index is 0.112. The maximum atomic E-state index is 13.2. The van der Waals surface area contributed by atoms with Crippen molar-refractivity contribution in [3.63, 3.8) is 0 Å². The summed E-state index contributed by atoms with van der Waals surface area (Å²) >= 11 is 2.92. The molecule has 1 fully saturated rings. The number of nitrogens with zero attached hydrogens (tertiary/aromatic N) is 5. The molecule has 3 heterocycles. The van der Waals surface area contributed by atoms with Crippen molar-refractivity contribution in [1.29, 1.82) is 0 Å². The molecule has 35 heavy (non-hydrogen) atoms. The van der Waals surface area contributed by atoms with E-state index in [2.05, 4.69) is 20.3 Å². The first-order valence-corrected chi connectivity index (χ1v) is 13.1. The number of fused-ring (bicyclic) bond motifs is 1. The Labute approximate surface area is 209 Å². The smallest absolute Gasteiger partial charge is 0.321 e. The molecule has 0 atom stereocenters. The van der Waals surface area contributed by atoms with Crippen LogP contribution >= 0.6 is 23.1 Å². The van der Waals surface area contributed by atoms with Crippen molar-refractivity contribution in [3.05, 3.63) is 76.5 Å². The molecule has 11 heteroatoms. The molecule has 1 N–H and O–H groups in total. The van der Waals surface area contributed by atoms with Gasteiger partial charge in [-0.05, 0) is 48.7 Å². The predicted octanol–water partition coefficient (Wildman–Crippen LogP) is 4.03. The van der Waals surface area contributed by atoms with Crippen LogP contribution in [0.5, 0.6) is 0 Å². The minimum atomic E-state index is -0.324. The molecule has 1 aliphatic rings. The van der Waals surface area contributed by atoms with Gasteiger partial charge >= 0.3 is 6.03 Å². The van der Waals surface area contributed by atoms with Gasteiger partial charge in [0.05, 0.1) is 5.69 Å². The Hall–Kier alpha value is -3.28. The van der Waals surface area contributed by atoms with Crippen molar-refractivity contribution in [3.8, 4) is 10.6 Å². The number of halogens is 1. The highest BCUT2D eigenvalue weighted by molar-refractivity contribution is 7.98. The zero-order valence-corrected chi connectivity index (χ0v) is 20.6. The van der Waals surface area contributed by atoms with Crippen LogP contribution in [0.3, 0.4) is 0 Å². The molecule has 2 aromatic heterocycles. The first-order chi connectivity index (χ1) is 17.0. The Balaban J connectivity index is 1.22. The molecule has 2 amide bonds. The number of rotatable bonds is 5. The molecule has 2 aromatic carbocycles. The Kier molecular flexibility index (Phi) is 6.80. The molecular formula is C24H23FN6O2S2. The largest absolute Gasteiger partial charge is 0.322 e. The number of piperazine rings is 1. The van der Waals surface area contributed by atoms with Crippen LogP contribution in [0.15, 0.2) is 64.3 Å². The van der Waals surface area contributed by atoms with Crippen molar-refractivity contribution in [2.45, 2.75) is 11.4 Å². The van der Waals surface area contributed by atoms with E-state index in [0.29, 0.717) is 48.4 Å². The van der Waals surface area contributed by atoms with Crippen LogP contribution < -0.4 is 10.9 Å². The van der Waals surface area contributed by atoms with Gasteiger partial charge in [0.15, 0.2) is 0 Å². The lowest BCUT2D eigenvalue weighted by Gasteiger charge is -2.34. The van der Waals surface area contributed by atoms with Crippen molar-refractivity contribution < 1.29 is 9.18 Å². The van der Waals surface area contributed by atoms with Gasteiger partial charge < -0.3 is 10.2 Å². The summed E-state index contributed by atoms with van der Waals surface area (Å²) < 4.78 is 14.5. The second kappa shape index (κ2) is 10.1. The van der Waals surface area contributed by atoms with Gasteiger partial charge in [0, 0.05) is 54.9 Å². The lowest BCUT2D eigenvalue weighted by Crippen LogP contribution is -2.49. The molecule has 0 aliphatic carbocycles. The lowest BCUT2D eigenvalue weighted by molar-refractivity contribution is 0.142. The van der Waals surface area contributed by atoms with Crippen molar-refractivity contribution >= 4 is 39.8 Å². The second-order valence-corrected chi connectivity index (χ2v) is 9.96. The zero-order valence-electron chi connectivity index (χ0n) is 19.0. The number of urea groups is 1. The fourth-order valence-corrected chi connectivity index (χ4v) is 5.28. The molecular weight excluding hydrogens is 487 g/mol. The van der Waals surface area contributed by atoms with Crippen molar-refractivity contribution in [2.24, 2.45) is 0 Å². The first kappa shape index (κ1) is 23.5. The number of carbonyl (C=O) groups excluding carboxylic acids is 1. The highest BCUT2D eigenvalue weighted by Crippen LogP contribution is 2.24. The first-order valence-electron chi connectivity index (χ1n) is 11.1. The van der Waals surface area contributed by atoms with Gasteiger partial charge in [0.1, 0.15) is 10.8 Å². The summed E-state index contributed by atoms with van der Waals surface area (Å²) in [6.45, 7) is 3.06. The summed E-state index contributed by atoms with van der Waals surface area (Å²) in [7, 11) is 0. The number of thioether (sulfide) groups is 1. The summed E-state index contributed by atoms with van der Waals surface area (Å²) in [5.74, 6) is -0.324. The van der Waals surface area contributed by atoms with Gasteiger partial charge in [-0.25, -0.2) is 14.2 Å². The quantitative estimate of drug-likeness (QED) is 0.408. The standard InChI is InChI=1S/C24H23FN6O2S2/c1-34-20-4-2-3-18(13-20)26-23(33)30-11-9-29(10-12-30)15-19-14-21(32)31-24(27-19)35-22(28-31)16-5-7-17(25)8-6-16/h2-8,13-14H,9-12,15H2,1H3,(H,26,33). The second-order valence-electron chi connectivity index (χ2n) is 8.12. The van der Waals surface area contributed by atoms with E-state index in [4.69, 9.17) is 0 Å². The van der Waals surface area contributed by atoms with E-state index in [-0.39, 0.29) is 17.4 Å². The Bertz CT molecular complexity index is 1410. The molecule has 0 bridgehead atoms. The van der Waals surface area contributed by atoms with E-state index in [9.17, 15) is 14.0 Å². The highest BCUT2D eigenvalue weighted by Gasteiger charge is 2.22. The fraction of sp³-hybridized carbons (Fsp3) is 0.250. The SMILES string of the molecule is CSc1cccc(NC(=O)N2CCN(Cc3cc(=O)n4nc(-c5ccc(F)cc5)sc4n3)CC2)c1. The number of nitrogens with one attached hydrogen (secondary N) is 1. The summed E-state index contributed by atoms with van der Waals surface area (Å²) in [6.07, 6.45) is 2.00. The molecule has 5 rings (SSSR count). The van der Waals surface area contributed by atoms with Gasteiger partial charge in [-0.1, -0.05) is 17.4 Å². The van der Waals surface area contributed by atoms with E-state index >= 15 is 0 Å². The molecule has 0 spiro atoms. The molecule has 0 saturated carbocycles. The van der Waals surface area contributed by atoms with Crippen LogP contribution in [0.25, 0.3) is 15.5 Å². The number of anilines is 1. The van der Waals surface area contributed by atoms with Crippen LogP contribution in [0, 0.1) is 5.82 Å². The molecule has 4 aromatic rings. The Morgan fingerprint density at radius 2 is 1.89 bits per heavy atom. The van der Waals surface area contributed by atoms with Crippen LogP contribution in [0.4, 0.5) is 14.9 Å². The number of aromatic nitrogens is 3. The summed E-state index contributed by atoms with van der Waals surface area (Å²) in [6, 6.07) is 15.2. The highest BCUT2D eigenvalue weighted by atomic mass is 32.2. The summed E-state index contributed by atoms with van der Waals surface area (Å²) in [5, 5.41) is 7.92. The lowest BCUT2D eigenvalue weighted by atomic mass is 10.2. The number of hydrogen-bond donors (Lipinski definition) is 1. The Morgan fingerprint density at radius 3 is 2.63 bits per heavy atom. The van der Waals surface area contributed by atoms with Crippen molar-refractivity contribution in [2.75, 3.05) is 37.8 Å². The number of amides is 2. The van der Waals surface area contributed by atoms with Crippen LogP contribution in [0.2, 0.25) is 0 Å². The van der Waals surface area contributed by atoms with Crippen LogP contribution in [0.1, 0.15) is 5.69 Å². The summed E-state index contributed by atoms with van der Waals surface area (Å²) in [5.41, 5.74) is 1.93. The van der Waals surface area contributed by atoms with Gasteiger partial charge in [0.25, 0.3) is 5.56 Å². The van der Waals surface area contributed by atoms with Gasteiger partial charge in [0.2, 0.25) is 4.96 Å². The van der Waals surface area contributed by atoms with Gasteiger partial charge in [-0.2, -0.15) is 9.61 Å². The number of benzene rings is 2. The number of hydrogen-bond acceptors (Lipinski definition) is 7.